The van der Waals surface area contributed by atoms with Crippen molar-refractivity contribution in [2.75, 3.05) is 11.9 Å². The van der Waals surface area contributed by atoms with Gasteiger partial charge < -0.3 is 5.32 Å². The zero-order chi connectivity index (χ0) is 9.97. The summed E-state index contributed by atoms with van der Waals surface area (Å²) in [4.78, 5) is 4.19. The first-order valence-electron chi connectivity index (χ1n) is 5.11. The van der Waals surface area contributed by atoms with E-state index in [9.17, 15) is 0 Å². The predicted octanol–water partition coefficient (Wildman–Crippen LogP) is 3.19. The Bertz CT molecular complexity index is 293. The van der Waals surface area contributed by atoms with Gasteiger partial charge in [-0.05, 0) is 36.8 Å². The fourth-order valence-electron chi connectivity index (χ4n) is 1.58. The molecular weight excluding hydrogens is 196 g/mol. The predicted molar refractivity (Wildman–Crippen MR) is 59.6 cm³/mol. The minimum atomic E-state index is 0.686. The van der Waals surface area contributed by atoms with Crippen molar-refractivity contribution in [3.8, 4) is 0 Å². The van der Waals surface area contributed by atoms with Gasteiger partial charge in [-0.25, -0.2) is 4.98 Å². The summed E-state index contributed by atoms with van der Waals surface area (Å²) in [6, 6.07) is 3.78. The second-order valence-corrected chi connectivity index (χ2v) is 4.49. The van der Waals surface area contributed by atoms with E-state index >= 15 is 0 Å². The van der Waals surface area contributed by atoms with Crippen molar-refractivity contribution in [2.45, 2.75) is 19.8 Å². The molecule has 1 unspecified atom stereocenters. The number of aromatic nitrogens is 1. The van der Waals surface area contributed by atoms with Crippen LogP contribution in [0.2, 0.25) is 5.02 Å². The highest BCUT2D eigenvalue weighted by Crippen LogP contribution is 2.36. The standard InChI is InChI=1S/C11H15ClN2/c1-8(9-2-3-9)6-13-11-5-4-10(12)7-14-11/h4-5,7-9H,2-3,6H2,1H3,(H,13,14). The molecule has 0 spiro atoms. The van der Waals surface area contributed by atoms with Crippen LogP contribution in [0.1, 0.15) is 19.8 Å². The van der Waals surface area contributed by atoms with E-state index in [2.05, 4.69) is 17.2 Å². The highest BCUT2D eigenvalue weighted by molar-refractivity contribution is 6.30. The fourth-order valence-corrected chi connectivity index (χ4v) is 1.69. The molecule has 0 saturated heterocycles. The highest BCUT2D eigenvalue weighted by Gasteiger charge is 2.27. The Morgan fingerprint density at radius 3 is 2.93 bits per heavy atom. The van der Waals surface area contributed by atoms with Crippen molar-refractivity contribution < 1.29 is 0 Å². The Morgan fingerprint density at radius 1 is 1.57 bits per heavy atom. The zero-order valence-electron chi connectivity index (χ0n) is 8.33. The lowest BCUT2D eigenvalue weighted by atomic mass is 10.1. The van der Waals surface area contributed by atoms with Gasteiger partial charge in [0.25, 0.3) is 0 Å². The van der Waals surface area contributed by atoms with Crippen molar-refractivity contribution in [1.29, 1.82) is 0 Å². The molecule has 1 aromatic rings. The molecule has 2 nitrogen and oxygen atoms in total. The number of halogens is 1. The number of nitrogens with one attached hydrogen (secondary N) is 1. The Balaban J connectivity index is 1.82. The van der Waals surface area contributed by atoms with Crippen LogP contribution in [-0.4, -0.2) is 11.5 Å². The molecule has 76 valence electrons. The van der Waals surface area contributed by atoms with Crippen molar-refractivity contribution in [3.05, 3.63) is 23.4 Å². The first-order valence-corrected chi connectivity index (χ1v) is 5.49. The molecule has 1 fully saturated rings. The van der Waals surface area contributed by atoms with Gasteiger partial charge in [0.1, 0.15) is 5.82 Å². The lowest BCUT2D eigenvalue weighted by Crippen LogP contribution is -2.13. The maximum Gasteiger partial charge on any atom is 0.125 e. The van der Waals surface area contributed by atoms with Crippen LogP contribution >= 0.6 is 11.6 Å². The van der Waals surface area contributed by atoms with E-state index in [1.807, 2.05) is 12.1 Å². The number of nitrogens with zero attached hydrogens (tertiary/aromatic N) is 1. The SMILES string of the molecule is CC(CNc1ccc(Cl)cn1)C1CC1. The van der Waals surface area contributed by atoms with E-state index in [-0.39, 0.29) is 0 Å². The summed E-state index contributed by atoms with van der Waals surface area (Å²) in [5.74, 6) is 2.61. The summed E-state index contributed by atoms with van der Waals surface area (Å²) in [7, 11) is 0. The summed E-state index contributed by atoms with van der Waals surface area (Å²) in [5, 5.41) is 4.01. The molecule has 2 rings (SSSR count). The highest BCUT2D eigenvalue weighted by atomic mass is 35.5. The molecule has 3 heteroatoms. The van der Waals surface area contributed by atoms with Gasteiger partial charge in [0.05, 0.1) is 5.02 Å². The lowest BCUT2D eigenvalue weighted by molar-refractivity contribution is 0.536. The number of hydrogen-bond donors (Lipinski definition) is 1. The van der Waals surface area contributed by atoms with Crippen molar-refractivity contribution in [1.82, 2.24) is 4.98 Å². The monoisotopic (exact) mass is 210 g/mol. The molecule has 14 heavy (non-hydrogen) atoms. The summed E-state index contributed by atoms with van der Waals surface area (Å²) in [6.45, 7) is 3.31. The largest absolute Gasteiger partial charge is 0.370 e. The van der Waals surface area contributed by atoms with Crippen LogP contribution in [0, 0.1) is 11.8 Å². The van der Waals surface area contributed by atoms with Gasteiger partial charge in [0, 0.05) is 12.7 Å². The maximum atomic E-state index is 5.74. The van der Waals surface area contributed by atoms with Gasteiger partial charge >= 0.3 is 0 Å². The summed E-state index contributed by atoms with van der Waals surface area (Å²) in [5.41, 5.74) is 0. The third kappa shape index (κ3) is 2.61. The zero-order valence-corrected chi connectivity index (χ0v) is 9.09. The molecule has 0 bridgehead atoms. The molecule has 1 heterocycles. The second-order valence-electron chi connectivity index (χ2n) is 4.06. The first-order chi connectivity index (χ1) is 6.75. The Labute approximate surface area is 89.7 Å². The average molecular weight is 211 g/mol. The molecule has 1 atom stereocenters. The fraction of sp³-hybridized carbons (Fsp3) is 0.545. The van der Waals surface area contributed by atoms with E-state index in [0.29, 0.717) is 5.02 Å². The van der Waals surface area contributed by atoms with Gasteiger partial charge in [-0.3, -0.25) is 0 Å². The van der Waals surface area contributed by atoms with Gasteiger partial charge in [-0.2, -0.15) is 0 Å². The number of hydrogen-bond acceptors (Lipinski definition) is 2. The topological polar surface area (TPSA) is 24.9 Å². The lowest BCUT2D eigenvalue weighted by Gasteiger charge is -2.11. The first kappa shape index (κ1) is 9.78. The molecule has 0 aromatic carbocycles. The van der Waals surface area contributed by atoms with Crippen molar-refractivity contribution in [3.63, 3.8) is 0 Å². The van der Waals surface area contributed by atoms with E-state index in [1.165, 1.54) is 12.8 Å². The number of pyridine rings is 1. The molecular formula is C11H15ClN2. The summed E-state index contributed by atoms with van der Waals surface area (Å²) >= 11 is 5.74. The molecule has 1 aliphatic carbocycles. The van der Waals surface area contributed by atoms with Gasteiger partial charge in [0.2, 0.25) is 0 Å². The van der Waals surface area contributed by atoms with Crippen LogP contribution in [0.4, 0.5) is 5.82 Å². The Kier molecular flexibility index (Phi) is 2.92. The smallest absolute Gasteiger partial charge is 0.125 e. The van der Waals surface area contributed by atoms with Crippen molar-refractivity contribution >= 4 is 17.4 Å². The molecule has 0 amide bonds. The third-order valence-electron chi connectivity index (χ3n) is 2.76. The van der Waals surface area contributed by atoms with Crippen molar-refractivity contribution in [2.24, 2.45) is 11.8 Å². The third-order valence-corrected chi connectivity index (χ3v) is 2.98. The van der Waals surface area contributed by atoms with Gasteiger partial charge in [-0.1, -0.05) is 18.5 Å². The van der Waals surface area contributed by atoms with Crippen LogP contribution in [0.25, 0.3) is 0 Å². The summed E-state index contributed by atoms with van der Waals surface area (Å²) < 4.78 is 0. The van der Waals surface area contributed by atoms with E-state index in [1.54, 1.807) is 6.20 Å². The minimum Gasteiger partial charge on any atom is -0.370 e. The Hall–Kier alpha value is -0.760. The normalized spacial score (nSPS) is 17.9. The molecule has 1 aromatic heterocycles. The molecule has 0 radical (unpaired) electrons. The quantitative estimate of drug-likeness (QED) is 0.826. The summed E-state index contributed by atoms with van der Waals surface area (Å²) in [6.07, 6.45) is 4.47. The van der Waals surface area contributed by atoms with E-state index in [4.69, 9.17) is 11.6 Å². The van der Waals surface area contributed by atoms with Crippen LogP contribution in [0.3, 0.4) is 0 Å². The van der Waals surface area contributed by atoms with Crippen LogP contribution in [0.5, 0.6) is 0 Å². The minimum absolute atomic E-state index is 0.686. The van der Waals surface area contributed by atoms with Crippen LogP contribution < -0.4 is 5.32 Å². The second kappa shape index (κ2) is 4.18. The maximum absolute atomic E-state index is 5.74. The molecule has 1 saturated carbocycles. The van der Waals surface area contributed by atoms with Crippen LogP contribution in [-0.2, 0) is 0 Å². The van der Waals surface area contributed by atoms with E-state index < -0.39 is 0 Å². The number of rotatable bonds is 4. The molecule has 1 aliphatic rings. The van der Waals surface area contributed by atoms with Gasteiger partial charge in [0.15, 0.2) is 0 Å². The van der Waals surface area contributed by atoms with Gasteiger partial charge in [-0.15, -0.1) is 0 Å². The van der Waals surface area contributed by atoms with Crippen LogP contribution in [0.15, 0.2) is 18.3 Å². The molecule has 0 aliphatic heterocycles. The number of anilines is 1. The molecule has 1 N–H and O–H groups in total. The van der Waals surface area contributed by atoms with E-state index in [0.717, 1.165) is 24.2 Å². The Morgan fingerprint density at radius 2 is 2.36 bits per heavy atom. The average Bonchev–Trinajstić information content (AvgIpc) is 3.00.